The van der Waals surface area contributed by atoms with Crippen molar-refractivity contribution in [3.05, 3.63) is 17.6 Å². The molecular formula is C15H22N4O4S. The number of ether oxygens (including phenoxy) is 1. The van der Waals surface area contributed by atoms with Crippen LogP contribution in [0.1, 0.15) is 35.6 Å². The predicted octanol–water partition coefficient (Wildman–Crippen LogP) is 0.293. The number of anilines is 1. The summed E-state index contributed by atoms with van der Waals surface area (Å²) in [6.07, 6.45) is 2.69. The number of amides is 1. The molecule has 3 rings (SSSR count). The first-order valence-electron chi connectivity index (χ1n) is 8.14. The van der Waals surface area contributed by atoms with Gasteiger partial charge in [-0.2, -0.15) is 0 Å². The van der Waals surface area contributed by atoms with Crippen molar-refractivity contribution in [3.8, 4) is 0 Å². The second-order valence-corrected chi connectivity index (χ2v) is 8.50. The van der Waals surface area contributed by atoms with Crippen molar-refractivity contribution in [2.75, 3.05) is 30.0 Å². The Hall–Kier alpha value is -1.74. The Morgan fingerprint density at radius 1 is 1.38 bits per heavy atom. The lowest BCUT2D eigenvalue weighted by Gasteiger charge is -2.13. The number of rotatable bonds is 5. The van der Waals surface area contributed by atoms with Crippen molar-refractivity contribution < 1.29 is 17.9 Å². The molecule has 0 bridgehead atoms. The van der Waals surface area contributed by atoms with E-state index in [0.29, 0.717) is 24.6 Å². The van der Waals surface area contributed by atoms with Crippen LogP contribution in [0.3, 0.4) is 0 Å². The molecule has 0 aromatic carbocycles. The maximum Gasteiger partial charge on any atom is 0.270 e. The van der Waals surface area contributed by atoms with Crippen LogP contribution in [-0.4, -0.2) is 61.1 Å². The first kappa shape index (κ1) is 17.1. The molecule has 0 spiro atoms. The first-order valence-corrected chi connectivity index (χ1v) is 9.96. The maximum absolute atomic E-state index is 12.3. The van der Waals surface area contributed by atoms with Crippen LogP contribution >= 0.6 is 0 Å². The van der Waals surface area contributed by atoms with Crippen LogP contribution in [0.25, 0.3) is 0 Å². The molecule has 2 unspecified atom stereocenters. The van der Waals surface area contributed by atoms with Crippen molar-refractivity contribution in [1.29, 1.82) is 0 Å². The van der Waals surface area contributed by atoms with E-state index in [1.54, 1.807) is 13.0 Å². The molecule has 1 aromatic rings. The number of sulfone groups is 1. The minimum absolute atomic E-state index is 0.00701. The fraction of sp³-hybridized carbons (Fsp3) is 0.667. The lowest BCUT2D eigenvalue weighted by Crippen LogP contribution is -2.36. The van der Waals surface area contributed by atoms with Crippen LogP contribution in [0.2, 0.25) is 0 Å². The molecule has 0 saturated carbocycles. The number of hydrogen-bond acceptors (Lipinski definition) is 7. The summed E-state index contributed by atoms with van der Waals surface area (Å²) >= 11 is 0. The van der Waals surface area contributed by atoms with Gasteiger partial charge in [-0.05, 0) is 26.2 Å². The molecule has 1 aromatic heterocycles. The molecule has 132 valence electrons. The quantitative estimate of drug-likeness (QED) is 0.782. The van der Waals surface area contributed by atoms with Gasteiger partial charge in [-0.25, -0.2) is 18.4 Å². The Balaban J connectivity index is 1.63. The molecule has 9 heteroatoms. The molecule has 0 radical (unpaired) electrons. The fourth-order valence-corrected chi connectivity index (χ4v) is 4.64. The third kappa shape index (κ3) is 4.41. The van der Waals surface area contributed by atoms with E-state index in [1.807, 2.05) is 0 Å². The summed E-state index contributed by atoms with van der Waals surface area (Å²) in [7, 11) is -3.03. The molecule has 8 nitrogen and oxygen atoms in total. The third-order valence-corrected chi connectivity index (χ3v) is 5.94. The highest BCUT2D eigenvalue weighted by Gasteiger charge is 2.29. The minimum atomic E-state index is -3.03. The average molecular weight is 354 g/mol. The summed E-state index contributed by atoms with van der Waals surface area (Å²) in [6, 6.07) is 1.24. The second-order valence-electron chi connectivity index (χ2n) is 6.27. The Bertz CT molecular complexity index is 716. The highest BCUT2D eigenvalue weighted by molar-refractivity contribution is 7.91. The van der Waals surface area contributed by atoms with Crippen LogP contribution in [0, 0.1) is 6.92 Å². The zero-order valence-electron chi connectivity index (χ0n) is 13.6. The summed E-state index contributed by atoms with van der Waals surface area (Å²) in [5, 5.41) is 5.92. The number of carbonyl (C=O) groups is 1. The third-order valence-electron chi connectivity index (χ3n) is 4.17. The highest BCUT2D eigenvalue weighted by Crippen LogP contribution is 2.15. The summed E-state index contributed by atoms with van der Waals surface area (Å²) in [5.41, 5.74) is 0.238. The summed E-state index contributed by atoms with van der Waals surface area (Å²) < 4.78 is 28.5. The van der Waals surface area contributed by atoms with Gasteiger partial charge in [-0.1, -0.05) is 0 Å². The number of hydrogen-bond donors (Lipinski definition) is 2. The van der Waals surface area contributed by atoms with Crippen molar-refractivity contribution in [2.45, 2.75) is 38.3 Å². The molecule has 2 atom stereocenters. The first-order chi connectivity index (χ1) is 11.4. The Morgan fingerprint density at radius 2 is 2.21 bits per heavy atom. The van der Waals surface area contributed by atoms with E-state index >= 15 is 0 Å². The van der Waals surface area contributed by atoms with Crippen LogP contribution in [0.5, 0.6) is 0 Å². The van der Waals surface area contributed by atoms with Crippen molar-refractivity contribution in [3.63, 3.8) is 0 Å². The van der Waals surface area contributed by atoms with E-state index < -0.39 is 9.84 Å². The summed E-state index contributed by atoms with van der Waals surface area (Å²) in [6.45, 7) is 3.14. The van der Waals surface area contributed by atoms with E-state index in [0.717, 1.165) is 19.4 Å². The number of aromatic nitrogens is 2. The zero-order valence-corrected chi connectivity index (χ0v) is 14.4. The van der Waals surface area contributed by atoms with Crippen LogP contribution in [-0.2, 0) is 14.6 Å². The normalized spacial score (nSPS) is 25.5. The van der Waals surface area contributed by atoms with Crippen molar-refractivity contribution in [1.82, 2.24) is 15.3 Å². The fourth-order valence-electron chi connectivity index (χ4n) is 2.97. The Kier molecular flexibility index (Phi) is 5.00. The maximum atomic E-state index is 12.3. The van der Waals surface area contributed by atoms with E-state index in [2.05, 4.69) is 20.6 Å². The van der Waals surface area contributed by atoms with E-state index in [9.17, 15) is 13.2 Å². The largest absolute Gasteiger partial charge is 0.376 e. The Morgan fingerprint density at radius 3 is 2.88 bits per heavy atom. The molecule has 0 aliphatic carbocycles. The van der Waals surface area contributed by atoms with Crippen LogP contribution in [0.15, 0.2) is 6.07 Å². The molecule has 2 N–H and O–H groups in total. The smallest absolute Gasteiger partial charge is 0.270 e. The van der Waals surface area contributed by atoms with Gasteiger partial charge in [0.2, 0.25) is 0 Å². The van der Waals surface area contributed by atoms with Gasteiger partial charge in [-0.3, -0.25) is 4.79 Å². The molecule has 2 fully saturated rings. The van der Waals surface area contributed by atoms with Gasteiger partial charge in [0.25, 0.3) is 5.91 Å². The minimum Gasteiger partial charge on any atom is -0.376 e. The van der Waals surface area contributed by atoms with Gasteiger partial charge >= 0.3 is 0 Å². The molecule has 24 heavy (non-hydrogen) atoms. The molecule has 2 aliphatic rings. The topological polar surface area (TPSA) is 110 Å². The lowest BCUT2D eigenvalue weighted by molar-refractivity contribution is 0.0935. The van der Waals surface area contributed by atoms with Gasteiger partial charge in [0, 0.05) is 25.3 Å². The standard InChI is InChI=1S/C15H22N4O4S/c1-10-17-13(15(20)19-11-4-6-24(21,22)9-11)7-14(18-10)16-8-12-3-2-5-23-12/h7,11-12H,2-6,8-9H2,1H3,(H,19,20)(H,16,17,18). The van der Waals surface area contributed by atoms with E-state index in [4.69, 9.17) is 4.74 Å². The number of aryl methyl sites for hydroxylation is 1. The average Bonchev–Trinajstić information content (AvgIpc) is 3.14. The van der Waals surface area contributed by atoms with Gasteiger partial charge in [0.15, 0.2) is 9.84 Å². The number of carbonyl (C=O) groups excluding carboxylic acids is 1. The molecular weight excluding hydrogens is 332 g/mol. The van der Waals surface area contributed by atoms with Crippen molar-refractivity contribution in [2.24, 2.45) is 0 Å². The molecule has 1 amide bonds. The van der Waals surface area contributed by atoms with Gasteiger partial charge in [0.1, 0.15) is 17.3 Å². The summed E-state index contributed by atoms with van der Waals surface area (Å²) in [5.74, 6) is 0.795. The molecule has 2 saturated heterocycles. The van der Waals surface area contributed by atoms with Crippen LogP contribution < -0.4 is 10.6 Å². The van der Waals surface area contributed by atoms with Gasteiger partial charge in [-0.15, -0.1) is 0 Å². The Labute approximate surface area is 141 Å². The molecule has 3 heterocycles. The highest BCUT2D eigenvalue weighted by atomic mass is 32.2. The van der Waals surface area contributed by atoms with Crippen molar-refractivity contribution >= 4 is 21.6 Å². The SMILES string of the molecule is Cc1nc(NCC2CCCO2)cc(C(=O)NC2CCS(=O)(=O)C2)n1. The lowest BCUT2D eigenvalue weighted by atomic mass is 10.2. The number of nitrogens with one attached hydrogen (secondary N) is 2. The van der Waals surface area contributed by atoms with Gasteiger partial charge in [0.05, 0.1) is 17.6 Å². The number of nitrogens with zero attached hydrogens (tertiary/aromatic N) is 2. The predicted molar refractivity (Wildman–Crippen MR) is 88.8 cm³/mol. The summed E-state index contributed by atoms with van der Waals surface area (Å²) in [4.78, 5) is 20.8. The van der Waals surface area contributed by atoms with E-state index in [1.165, 1.54) is 0 Å². The zero-order chi connectivity index (χ0) is 17.2. The molecule has 2 aliphatic heterocycles. The van der Waals surface area contributed by atoms with Crippen LogP contribution in [0.4, 0.5) is 5.82 Å². The monoisotopic (exact) mass is 354 g/mol. The second kappa shape index (κ2) is 7.02. The van der Waals surface area contributed by atoms with E-state index in [-0.39, 0.29) is 35.3 Å². The van der Waals surface area contributed by atoms with Gasteiger partial charge < -0.3 is 15.4 Å².